The fourth-order valence-corrected chi connectivity index (χ4v) is 2.03. The van der Waals surface area contributed by atoms with Crippen LogP contribution in [0.2, 0.25) is 0 Å². The van der Waals surface area contributed by atoms with E-state index in [0.29, 0.717) is 18.4 Å². The maximum Gasteiger partial charge on any atom is 0.204 e. The minimum absolute atomic E-state index is 0.163. The summed E-state index contributed by atoms with van der Waals surface area (Å²) in [7, 11) is 2.08. The molecule has 14 heavy (non-hydrogen) atoms. The van der Waals surface area contributed by atoms with Gasteiger partial charge in [-0.2, -0.15) is 0 Å². The number of hydrogen-bond acceptors (Lipinski definition) is 3. The van der Waals surface area contributed by atoms with Crippen LogP contribution in [0.1, 0.15) is 27.7 Å². The Morgan fingerprint density at radius 2 is 2.00 bits per heavy atom. The van der Waals surface area contributed by atoms with Gasteiger partial charge in [0.25, 0.3) is 0 Å². The summed E-state index contributed by atoms with van der Waals surface area (Å²) in [6.45, 7) is 10.3. The Labute approximate surface area is 86.9 Å². The normalized spacial score (nSPS) is 22.3. The zero-order chi connectivity index (χ0) is 10.9. The lowest BCUT2D eigenvalue weighted by Gasteiger charge is -2.29. The quantitative estimate of drug-likeness (QED) is 0.697. The van der Waals surface area contributed by atoms with Crippen molar-refractivity contribution in [2.75, 3.05) is 20.2 Å². The molecule has 0 aromatic carbocycles. The van der Waals surface area contributed by atoms with Crippen molar-refractivity contribution in [2.24, 2.45) is 17.1 Å². The second-order valence-electron chi connectivity index (χ2n) is 5.21. The Morgan fingerprint density at radius 1 is 1.43 bits per heavy atom. The summed E-state index contributed by atoms with van der Waals surface area (Å²) in [5.41, 5.74) is 7.19. The van der Waals surface area contributed by atoms with E-state index in [1.54, 1.807) is 0 Å². The van der Waals surface area contributed by atoms with Crippen LogP contribution < -0.4 is 5.73 Å². The minimum atomic E-state index is 0.163. The molecule has 82 valence electrons. The van der Waals surface area contributed by atoms with Gasteiger partial charge in [0.05, 0.1) is 12.3 Å². The van der Waals surface area contributed by atoms with E-state index >= 15 is 0 Å². The van der Waals surface area contributed by atoms with Crippen LogP contribution in [0.4, 0.5) is 0 Å². The molecule has 0 spiro atoms. The molecule has 3 heteroatoms. The van der Waals surface area contributed by atoms with Gasteiger partial charge in [-0.1, -0.05) is 27.7 Å². The summed E-state index contributed by atoms with van der Waals surface area (Å²) in [5, 5.41) is 0. The number of allylic oxidation sites excluding steroid dienone is 1. The van der Waals surface area contributed by atoms with Crippen molar-refractivity contribution in [2.45, 2.75) is 27.7 Å². The van der Waals surface area contributed by atoms with Crippen LogP contribution in [0.15, 0.2) is 11.6 Å². The molecule has 1 rings (SSSR count). The van der Waals surface area contributed by atoms with E-state index in [0.717, 1.165) is 12.2 Å². The monoisotopic (exact) mass is 198 g/mol. The molecule has 0 aliphatic carbocycles. The molecule has 0 fully saturated rings. The molecular weight excluding hydrogens is 176 g/mol. The summed E-state index contributed by atoms with van der Waals surface area (Å²) in [4.78, 5) is 2.22. The molecule has 0 amide bonds. The Bertz CT molecular complexity index is 244. The smallest absolute Gasteiger partial charge is 0.204 e. The summed E-state index contributed by atoms with van der Waals surface area (Å²) in [6, 6.07) is 0. The molecule has 0 saturated carbocycles. The number of hydrogen-bond donors (Lipinski definition) is 1. The van der Waals surface area contributed by atoms with Gasteiger partial charge in [0.15, 0.2) is 0 Å². The Kier molecular flexibility index (Phi) is 2.98. The van der Waals surface area contributed by atoms with E-state index in [9.17, 15) is 0 Å². The number of rotatable bonds is 1. The molecule has 0 aromatic rings. The molecule has 0 atom stereocenters. The van der Waals surface area contributed by atoms with E-state index in [-0.39, 0.29) is 5.41 Å². The Hall–Kier alpha value is -0.860. The van der Waals surface area contributed by atoms with E-state index in [1.807, 2.05) is 0 Å². The largest absolute Gasteiger partial charge is 0.477 e. The molecule has 0 aromatic heterocycles. The second-order valence-corrected chi connectivity index (χ2v) is 5.21. The van der Waals surface area contributed by atoms with Gasteiger partial charge >= 0.3 is 0 Å². The van der Waals surface area contributed by atoms with Crippen LogP contribution in [0.5, 0.6) is 0 Å². The van der Waals surface area contributed by atoms with Gasteiger partial charge < -0.3 is 15.4 Å². The molecule has 2 N–H and O–H groups in total. The number of nitrogens with zero attached hydrogens (tertiary/aromatic N) is 1. The first kappa shape index (κ1) is 11.2. The summed E-state index contributed by atoms with van der Waals surface area (Å²) in [5.74, 6) is 1.00. The molecule has 1 aliphatic heterocycles. The van der Waals surface area contributed by atoms with Gasteiger partial charge in [-0.3, -0.25) is 0 Å². The average Bonchev–Trinajstić information content (AvgIpc) is 2.07. The van der Waals surface area contributed by atoms with Gasteiger partial charge in [-0.15, -0.1) is 0 Å². The fourth-order valence-electron chi connectivity index (χ4n) is 2.03. The van der Waals surface area contributed by atoms with E-state index < -0.39 is 0 Å². The third-order valence-electron chi connectivity index (χ3n) is 2.49. The maximum absolute atomic E-state index is 5.91. The molecule has 0 unspecified atom stereocenters. The lowest BCUT2D eigenvalue weighted by atomic mass is 9.94. The van der Waals surface area contributed by atoms with Gasteiger partial charge in [0.2, 0.25) is 5.88 Å². The highest BCUT2D eigenvalue weighted by Gasteiger charge is 2.28. The first-order valence-corrected chi connectivity index (χ1v) is 5.17. The zero-order valence-corrected chi connectivity index (χ0v) is 9.92. The maximum atomic E-state index is 5.91. The molecule has 0 radical (unpaired) electrons. The van der Waals surface area contributed by atoms with Crippen LogP contribution in [-0.4, -0.2) is 25.1 Å². The Balaban J connectivity index is 2.92. The third kappa shape index (κ3) is 2.34. The van der Waals surface area contributed by atoms with Crippen LogP contribution >= 0.6 is 0 Å². The van der Waals surface area contributed by atoms with Crippen LogP contribution in [0, 0.1) is 11.3 Å². The van der Waals surface area contributed by atoms with Crippen molar-refractivity contribution in [3.05, 3.63) is 11.6 Å². The minimum Gasteiger partial charge on any atom is -0.477 e. The molecule has 0 bridgehead atoms. The molecular formula is C11H22N2O. The van der Waals surface area contributed by atoms with Gasteiger partial charge in [0, 0.05) is 19.0 Å². The van der Waals surface area contributed by atoms with E-state index in [1.165, 1.54) is 0 Å². The number of ether oxygens (including phenoxy) is 1. The first-order chi connectivity index (χ1) is 6.33. The van der Waals surface area contributed by atoms with Gasteiger partial charge in [-0.05, 0) is 5.92 Å². The van der Waals surface area contributed by atoms with Crippen molar-refractivity contribution < 1.29 is 4.74 Å². The number of nitrogens with two attached hydrogens (primary N) is 1. The molecule has 0 saturated heterocycles. The first-order valence-electron chi connectivity index (χ1n) is 5.17. The zero-order valence-electron chi connectivity index (χ0n) is 9.92. The van der Waals surface area contributed by atoms with Crippen molar-refractivity contribution >= 4 is 0 Å². The topological polar surface area (TPSA) is 38.5 Å². The molecule has 3 nitrogen and oxygen atoms in total. The predicted octanol–water partition coefficient (Wildman–Crippen LogP) is 1.76. The van der Waals surface area contributed by atoms with Gasteiger partial charge in [-0.25, -0.2) is 0 Å². The predicted molar refractivity (Wildman–Crippen MR) is 58.4 cm³/mol. The highest BCUT2D eigenvalue weighted by Crippen LogP contribution is 2.27. The SMILES string of the molecule is CC(C)C1=C(N)OCC(C)(C)CN1C. The lowest BCUT2D eigenvalue weighted by Crippen LogP contribution is -2.32. The van der Waals surface area contributed by atoms with E-state index in [2.05, 4.69) is 39.6 Å². The highest BCUT2D eigenvalue weighted by atomic mass is 16.5. The van der Waals surface area contributed by atoms with Crippen LogP contribution in [0.3, 0.4) is 0 Å². The van der Waals surface area contributed by atoms with Crippen LogP contribution in [-0.2, 0) is 4.74 Å². The Morgan fingerprint density at radius 3 is 2.50 bits per heavy atom. The average molecular weight is 198 g/mol. The third-order valence-corrected chi connectivity index (χ3v) is 2.49. The van der Waals surface area contributed by atoms with Crippen molar-refractivity contribution in [3.63, 3.8) is 0 Å². The second kappa shape index (κ2) is 3.71. The van der Waals surface area contributed by atoms with Crippen molar-refractivity contribution in [1.29, 1.82) is 0 Å². The van der Waals surface area contributed by atoms with E-state index in [4.69, 9.17) is 10.5 Å². The fraction of sp³-hybridized carbons (Fsp3) is 0.818. The van der Waals surface area contributed by atoms with Crippen molar-refractivity contribution in [3.8, 4) is 0 Å². The summed E-state index contributed by atoms with van der Waals surface area (Å²) < 4.78 is 5.58. The van der Waals surface area contributed by atoms with Crippen molar-refractivity contribution in [1.82, 2.24) is 4.90 Å². The lowest BCUT2D eigenvalue weighted by molar-refractivity contribution is 0.115. The standard InChI is InChI=1S/C11H22N2O/c1-8(2)9-10(12)14-7-11(3,4)6-13(9)5/h8H,6-7,12H2,1-5H3. The molecule has 1 aliphatic rings. The molecule has 1 heterocycles. The van der Waals surface area contributed by atoms with Gasteiger partial charge in [0.1, 0.15) is 0 Å². The summed E-state index contributed by atoms with van der Waals surface area (Å²) >= 11 is 0. The summed E-state index contributed by atoms with van der Waals surface area (Å²) in [6.07, 6.45) is 0. The van der Waals surface area contributed by atoms with Crippen LogP contribution in [0.25, 0.3) is 0 Å². The highest BCUT2D eigenvalue weighted by molar-refractivity contribution is 5.09.